The number of carbonyl (C=O) groups is 2. The summed E-state index contributed by atoms with van der Waals surface area (Å²) >= 11 is 0. The predicted octanol–water partition coefficient (Wildman–Crippen LogP) is 8.61. The van der Waals surface area contributed by atoms with E-state index in [1.807, 2.05) is 26.0 Å². The van der Waals surface area contributed by atoms with Gasteiger partial charge in [-0.25, -0.2) is 4.85 Å². The molecule has 0 saturated heterocycles. The van der Waals surface area contributed by atoms with E-state index < -0.39 is 10.8 Å². The van der Waals surface area contributed by atoms with Crippen LogP contribution in [0.1, 0.15) is 114 Å². The van der Waals surface area contributed by atoms with Crippen LogP contribution in [-0.4, -0.2) is 11.6 Å². The molecule has 0 radical (unpaired) electrons. The minimum absolute atomic E-state index is 0. The first-order valence-electron chi connectivity index (χ1n) is 14.0. The van der Waals surface area contributed by atoms with Crippen molar-refractivity contribution in [2.24, 2.45) is 50.2 Å². The first-order chi connectivity index (χ1) is 16.1. The Kier molecular flexibility index (Phi) is 6.01. The number of ketones is 2. The lowest BCUT2D eigenvalue weighted by molar-refractivity contribution is -0.171. The van der Waals surface area contributed by atoms with E-state index in [0.29, 0.717) is 17.1 Å². The average Bonchev–Trinajstić information content (AvgIpc) is 2.77. The molecule has 3 saturated carbocycles. The lowest BCUT2D eigenvalue weighted by Gasteiger charge is -2.69. The fourth-order valence-electron chi connectivity index (χ4n) is 10.3. The van der Waals surface area contributed by atoms with Gasteiger partial charge in [0.1, 0.15) is 0 Å². The van der Waals surface area contributed by atoms with Gasteiger partial charge in [-0.3, -0.25) is 4.79 Å². The van der Waals surface area contributed by atoms with Crippen LogP contribution in [0.4, 0.5) is 0 Å². The van der Waals surface area contributed by atoms with Crippen LogP contribution in [0.25, 0.3) is 4.85 Å². The Bertz CT molecular complexity index is 1100. The fraction of sp³-hybridized carbons (Fsp3) is 0.788. The van der Waals surface area contributed by atoms with E-state index >= 15 is 0 Å². The van der Waals surface area contributed by atoms with Gasteiger partial charge in [0.05, 0.1) is 6.57 Å². The molecule has 3 heteroatoms. The molecule has 198 valence electrons. The predicted molar refractivity (Wildman–Crippen MR) is 147 cm³/mol. The van der Waals surface area contributed by atoms with Crippen LogP contribution < -0.4 is 0 Å². The maximum absolute atomic E-state index is 14.3. The Morgan fingerprint density at radius 2 is 1.61 bits per heavy atom. The van der Waals surface area contributed by atoms with E-state index in [9.17, 15) is 9.59 Å². The molecule has 0 aromatic carbocycles. The lowest BCUT2D eigenvalue weighted by atomic mass is 9.34. The fourth-order valence-corrected chi connectivity index (χ4v) is 10.3. The van der Waals surface area contributed by atoms with Gasteiger partial charge >= 0.3 is 0 Å². The summed E-state index contributed by atoms with van der Waals surface area (Å²) in [7, 11) is 0. The maximum atomic E-state index is 14.3. The quantitative estimate of drug-likeness (QED) is 0.344. The smallest absolute Gasteiger partial charge is 0.226 e. The van der Waals surface area contributed by atoms with Gasteiger partial charge in [-0.1, -0.05) is 80.9 Å². The van der Waals surface area contributed by atoms with Gasteiger partial charge in [-0.05, 0) is 84.5 Å². The average molecular weight is 492 g/mol. The van der Waals surface area contributed by atoms with Crippen molar-refractivity contribution in [3.63, 3.8) is 0 Å². The zero-order valence-corrected chi connectivity index (χ0v) is 23.3. The zero-order chi connectivity index (χ0) is 25.8. The summed E-state index contributed by atoms with van der Waals surface area (Å²) in [6.07, 6.45) is 13.1. The Hall–Kier alpha value is -1.69. The lowest BCUT2D eigenvalue weighted by Crippen LogP contribution is -2.64. The van der Waals surface area contributed by atoms with E-state index in [1.165, 1.54) is 31.3 Å². The van der Waals surface area contributed by atoms with Crippen LogP contribution in [-0.2, 0) is 9.59 Å². The van der Waals surface area contributed by atoms with Crippen molar-refractivity contribution in [3.8, 4) is 0 Å². The number of Topliss-reactive ketones (excluding diaryl/α,β-unsaturated/α-hetero) is 1. The highest BCUT2D eigenvalue weighted by atomic mass is 16.1. The van der Waals surface area contributed by atoms with Crippen molar-refractivity contribution in [1.29, 1.82) is 0 Å². The van der Waals surface area contributed by atoms with Crippen molar-refractivity contribution in [3.05, 3.63) is 34.8 Å². The van der Waals surface area contributed by atoms with Gasteiger partial charge < -0.3 is 4.79 Å². The number of fused-ring (bicyclic) bond motifs is 7. The minimum Gasteiger partial charge on any atom is -0.307 e. The highest BCUT2D eigenvalue weighted by Gasteiger charge is 2.69. The highest BCUT2D eigenvalue weighted by molar-refractivity contribution is 6.03. The van der Waals surface area contributed by atoms with Gasteiger partial charge in [0.15, 0.2) is 11.6 Å². The molecule has 5 aliphatic carbocycles. The molecule has 0 N–H and O–H groups in total. The van der Waals surface area contributed by atoms with Crippen molar-refractivity contribution in [2.75, 3.05) is 0 Å². The third-order valence-corrected chi connectivity index (χ3v) is 12.7. The van der Waals surface area contributed by atoms with Crippen LogP contribution in [0.5, 0.6) is 0 Å². The molecule has 0 heterocycles. The van der Waals surface area contributed by atoms with Gasteiger partial charge in [0.25, 0.3) is 0 Å². The molecule has 0 aliphatic heterocycles. The summed E-state index contributed by atoms with van der Waals surface area (Å²) in [5.74, 6) is 0.940. The second-order valence-electron chi connectivity index (χ2n) is 14.9. The van der Waals surface area contributed by atoms with Gasteiger partial charge in [-0.15, -0.1) is 0 Å². The molecule has 0 aromatic heterocycles. The maximum Gasteiger partial charge on any atom is 0.226 e. The van der Waals surface area contributed by atoms with Crippen LogP contribution in [0, 0.1) is 56.8 Å². The molecule has 0 aromatic rings. The first-order valence-corrected chi connectivity index (χ1v) is 14.0. The third-order valence-electron chi connectivity index (χ3n) is 12.7. The number of nitrogens with zero attached hydrogens (tertiary/aromatic N) is 1. The molecule has 0 unspecified atom stereocenters. The van der Waals surface area contributed by atoms with Crippen LogP contribution in [0.2, 0.25) is 0 Å². The Balaban J connectivity index is 0.00000304. The standard InChI is InChI=1S/C32H45NO2.CH4/c1-10-32-15-13-27(2,3)18-20(32)25-22(34)17-24-29(6)19-21(33-9)26(35)28(4,5)23(29)11-12-30(24,7)31(25,8)14-16-32;/h17,19-20,23,25H,10-16,18H2,1-8H3;1H4/t20-,23-,25-,29-,30+,31+,32+;/m0./s1. The molecule has 0 spiro atoms. The molecule has 36 heavy (non-hydrogen) atoms. The van der Waals surface area contributed by atoms with Crippen molar-refractivity contribution in [1.82, 2.24) is 0 Å². The number of hydrogen-bond donors (Lipinski definition) is 0. The first kappa shape index (κ1) is 27.3. The molecule has 5 aliphatic rings. The third kappa shape index (κ3) is 3.15. The number of allylic oxidation sites excluding steroid dienone is 4. The molecule has 5 rings (SSSR count). The number of hydrogen-bond acceptors (Lipinski definition) is 2. The Morgan fingerprint density at radius 1 is 0.972 bits per heavy atom. The molecule has 7 atom stereocenters. The molecular weight excluding hydrogens is 442 g/mol. The van der Waals surface area contributed by atoms with E-state index in [0.717, 1.165) is 25.7 Å². The van der Waals surface area contributed by atoms with Gasteiger partial charge in [-0.2, -0.15) is 0 Å². The molecule has 3 fully saturated rings. The summed E-state index contributed by atoms with van der Waals surface area (Å²) in [5, 5.41) is 0. The van der Waals surface area contributed by atoms with Crippen molar-refractivity contribution in [2.45, 2.75) is 114 Å². The van der Waals surface area contributed by atoms with Crippen LogP contribution >= 0.6 is 0 Å². The van der Waals surface area contributed by atoms with Crippen LogP contribution in [0.15, 0.2) is 23.4 Å². The zero-order valence-electron chi connectivity index (χ0n) is 23.3. The molecule has 0 amide bonds. The van der Waals surface area contributed by atoms with E-state index in [2.05, 4.69) is 46.4 Å². The summed E-state index contributed by atoms with van der Waals surface area (Å²) in [5.41, 5.74) is 0.858. The summed E-state index contributed by atoms with van der Waals surface area (Å²) in [6.45, 7) is 26.0. The second kappa shape index (κ2) is 7.91. The van der Waals surface area contributed by atoms with Crippen LogP contribution in [0.3, 0.4) is 0 Å². The van der Waals surface area contributed by atoms with Crippen molar-refractivity contribution < 1.29 is 9.59 Å². The van der Waals surface area contributed by atoms with Crippen molar-refractivity contribution >= 4 is 11.6 Å². The van der Waals surface area contributed by atoms with Gasteiger partial charge in [0.2, 0.25) is 5.70 Å². The van der Waals surface area contributed by atoms with Gasteiger partial charge in [0, 0.05) is 16.7 Å². The Morgan fingerprint density at radius 3 is 2.22 bits per heavy atom. The van der Waals surface area contributed by atoms with E-state index in [1.54, 1.807) is 0 Å². The summed E-state index contributed by atoms with van der Waals surface area (Å²) in [6, 6.07) is 0. The molecule has 3 nitrogen and oxygen atoms in total. The highest BCUT2D eigenvalue weighted by Crippen LogP contribution is 2.74. The molecular formula is C33H49NO2. The Labute approximate surface area is 220 Å². The summed E-state index contributed by atoms with van der Waals surface area (Å²) < 4.78 is 0. The monoisotopic (exact) mass is 491 g/mol. The SMILES string of the molecule is C.[C-]#[N+]C1=C[C@]2(C)C3=CC(=O)[C@@H]4[C@@H]5CC(C)(C)CC[C@]5(CC)CC[C@@]4(C)[C@]3(C)CC[C@H]2C(C)(C)C1=O. The summed E-state index contributed by atoms with van der Waals surface area (Å²) in [4.78, 5) is 31.2. The largest absolute Gasteiger partial charge is 0.307 e. The topological polar surface area (TPSA) is 38.5 Å². The van der Waals surface area contributed by atoms with E-state index in [4.69, 9.17) is 6.57 Å². The van der Waals surface area contributed by atoms with E-state index in [-0.39, 0.29) is 47.0 Å². The normalized spacial score (nSPS) is 46.5. The number of rotatable bonds is 1. The second-order valence-corrected chi connectivity index (χ2v) is 14.9. The minimum atomic E-state index is -0.594. The molecule has 0 bridgehead atoms. The number of carbonyl (C=O) groups excluding carboxylic acids is 2.